The first-order chi connectivity index (χ1) is 11.8. The maximum absolute atomic E-state index is 12.2. The second kappa shape index (κ2) is 8.27. The standard InChI is InChI=1S/C17H17Cl2NO5/c1-10-13(17(22)23-3)7-12(25-10)8-20(2)16(21)9-24-15-5-4-11(18)6-14(15)19/h4-7H,8-9H2,1-3H3. The molecule has 0 unspecified atom stereocenters. The zero-order valence-corrected chi connectivity index (χ0v) is 15.5. The third-order valence-corrected chi connectivity index (χ3v) is 3.97. The van der Waals surface area contributed by atoms with Crippen molar-refractivity contribution in [2.24, 2.45) is 0 Å². The van der Waals surface area contributed by atoms with Crippen molar-refractivity contribution in [3.8, 4) is 5.75 Å². The summed E-state index contributed by atoms with van der Waals surface area (Å²) < 4.78 is 15.6. The zero-order valence-electron chi connectivity index (χ0n) is 14.0. The lowest BCUT2D eigenvalue weighted by Crippen LogP contribution is -2.30. The van der Waals surface area contributed by atoms with E-state index in [1.54, 1.807) is 32.2 Å². The summed E-state index contributed by atoms with van der Waals surface area (Å²) in [6.45, 7) is 1.65. The summed E-state index contributed by atoms with van der Waals surface area (Å²) in [5, 5.41) is 0.808. The number of halogens is 2. The van der Waals surface area contributed by atoms with Crippen LogP contribution in [0, 0.1) is 6.92 Å². The van der Waals surface area contributed by atoms with E-state index in [-0.39, 0.29) is 19.1 Å². The number of aryl methyl sites for hydroxylation is 1. The summed E-state index contributed by atoms with van der Waals surface area (Å²) in [5.41, 5.74) is 0.336. The van der Waals surface area contributed by atoms with E-state index >= 15 is 0 Å². The largest absolute Gasteiger partial charge is 0.482 e. The van der Waals surface area contributed by atoms with Crippen LogP contribution in [-0.4, -0.2) is 37.5 Å². The summed E-state index contributed by atoms with van der Waals surface area (Å²) >= 11 is 11.8. The van der Waals surface area contributed by atoms with Gasteiger partial charge in [-0.15, -0.1) is 0 Å². The van der Waals surface area contributed by atoms with Gasteiger partial charge in [0.25, 0.3) is 5.91 Å². The van der Waals surface area contributed by atoms with Crippen LogP contribution in [0.2, 0.25) is 10.0 Å². The van der Waals surface area contributed by atoms with Gasteiger partial charge in [-0.2, -0.15) is 0 Å². The average Bonchev–Trinajstić information content (AvgIpc) is 2.93. The number of methoxy groups -OCH3 is 1. The lowest BCUT2D eigenvalue weighted by Gasteiger charge is -2.16. The third kappa shape index (κ3) is 4.90. The van der Waals surface area contributed by atoms with Gasteiger partial charge in [-0.3, -0.25) is 4.79 Å². The number of hydrogen-bond donors (Lipinski definition) is 0. The van der Waals surface area contributed by atoms with E-state index in [1.165, 1.54) is 18.1 Å². The Balaban J connectivity index is 1.95. The van der Waals surface area contributed by atoms with Crippen LogP contribution in [0.3, 0.4) is 0 Å². The van der Waals surface area contributed by atoms with Crippen molar-refractivity contribution in [1.82, 2.24) is 4.90 Å². The van der Waals surface area contributed by atoms with Crippen molar-refractivity contribution in [3.05, 3.63) is 51.4 Å². The number of ether oxygens (including phenoxy) is 2. The van der Waals surface area contributed by atoms with Crippen LogP contribution in [0.15, 0.2) is 28.7 Å². The van der Waals surface area contributed by atoms with Crippen LogP contribution in [-0.2, 0) is 16.1 Å². The maximum Gasteiger partial charge on any atom is 0.341 e. The Morgan fingerprint density at radius 3 is 2.60 bits per heavy atom. The first-order valence-corrected chi connectivity index (χ1v) is 8.07. The predicted octanol–water partition coefficient (Wildman–Crippen LogP) is 3.72. The molecule has 0 aliphatic heterocycles. The van der Waals surface area contributed by atoms with E-state index in [0.717, 1.165) is 0 Å². The second-order valence-electron chi connectivity index (χ2n) is 5.29. The van der Waals surface area contributed by atoms with Crippen LogP contribution in [0.4, 0.5) is 0 Å². The highest BCUT2D eigenvalue weighted by atomic mass is 35.5. The Bertz CT molecular complexity index is 787. The summed E-state index contributed by atoms with van der Waals surface area (Å²) in [5.74, 6) is 0.515. The number of furan rings is 1. The van der Waals surface area contributed by atoms with Crippen LogP contribution in [0.5, 0.6) is 5.75 Å². The number of rotatable bonds is 6. The highest BCUT2D eigenvalue weighted by molar-refractivity contribution is 6.35. The fourth-order valence-electron chi connectivity index (χ4n) is 2.10. The fourth-order valence-corrected chi connectivity index (χ4v) is 2.56. The number of carbonyl (C=O) groups excluding carboxylic acids is 2. The molecule has 0 fully saturated rings. The van der Waals surface area contributed by atoms with Crippen LogP contribution >= 0.6 is 23.2 Å². The van der Waals surface area contributed by atoms with Gasteiger partial charge in [-0.25, -0.2) is 4.79 Å². The number of nitrogens with zero attached hydrogens (tertiary/aromatic N) is 1. The number of esters is 1. The predicted molar refractivity (Wildman–Crippen MR) is 93.2 cm³/mol. The lowest BCUT2D eigenvalue weighted by atomic mass is 10.2. The van der Waals surface area contributed by atoms with E-state index in [9.17, 15) is 9.59 Å². The molecule has 8 heteroatoms. The van der Waals surface area contributed by atoms with Crippen molar-refractivity contribution in [2.45, 2.75) is 13.5 Å². The van der Waals surface area contributed by atoms with E-state index in [1.807, 2.05) is 0 Å². The molecule has 2 rings (SSSR count). The molecule has 1 aromatic heterocycles. The topological polar surface area (TPSA) is 69.0 Å². The molecule has 1 amide bonds. The molecule has 25 heavy (non-hydrogen) atoms. The smallest absolute Gasteiger partial charge is 0.341 e. The molecule has 0 atom stereocenters. The highest BCUT2D eigenvalue weighted by Crippen LogP contribution is 2.27. The van der Waals surface area contributed by atoms with Gasteiger partial charge >= 0.3 is 5.97 Å². The summed E-state index contributed by atoms with van der Waals surface area (Å²) in [6.07, 6.45) is 0. The minimum atomic E-state index is -0.484. The Morgan fingerprint density at radius 1 is 1.24 bits per heavy atom. The quantitative estimate of drug-likeness (QED) is 0.708. The molecule has 1 aromatic carbocycles. The van der Waals surface area contributed by atoms with Gasteiger partial charge in [0.15, 0.2) is 6.61 Å². The van der Waals surface area contributed by atoms with E-state index in [0.29, 0.717) is 32.9 Å². The number of carbonyl (C=O) groups is 2. The van der Waals surface area contributed by atoms with Gasteiger partial charge < -0.3 is 18.8 Å². The van der Waals surface area contributed by atoms with Gasteiger partial charge in [-0.1, -0.05) is 23.2 Å². The third-order valence-electron chi connectivity index (χ3n) is 3.44. The minimum absolute atomic E-state index is 0.189. The normalized spacial score (nSPS) is 10.4. The fraction of sp³-hybridized carbons (Fsp3) is 0.294. The average molecular weight is 386 g/mol. The lowest BCUT2D eigenvalue weighted by molar-refractivity contribution is -0.132. The Kier molecular flexibility index (Phi) is 6.33. The van der Waals surface area contributed by atoms with E-state index in [4.69, 9.17) is 32.4 Å². The molecule has 1 heterocycles. The number of benzene rings is 1. The van der Waals surface area contributed by atoms with Gasteiger partial charge in [0.1, 0.15) is 22.8 Å². The molecule has 0 aliphatic rings. The highest BCUT2D eigenvalue weighted by Gasteiger charge is 2.18. The summed E-state index contributed by atoms with van der Waals surface area (Å²) in [6, 6.07) is 6.31. The number of likely N-dealkylation sites (N-methyl/N-ethyl adjacent to an activating group) is 1. The molecule has 0 aliphatic carbocycles. The molecular formula is C17H17Cl2NO5. The molecule has 2 aromatic rings. The summed E-state index contributed by atoms with van der Waals surface area (Å²) in [4.78, 5) is 25.2. The molecule has 6 nitrogen and oxygen atoms in total. The molecule has 0 spiro atoms. The van der Waals surface area contributed by atoms with Crippen molar-refractivity contribution < 1.29 is 23.5 Å². The Labute approximate surface area is 155 Å². The van der Waals surface area contributed by atoms with Gasteiger partial charge in [0, 0.05) is 12.1 Å². The van der Waals surface area contributed by atoms with Crippen molar-refractivity contribution in [3.63, 3.8) is 0 Å². The SMILES string of the molecule is COC(=O)c1cc(CN(C)C(=O)COc2ccc(Cl)cc2Cl)oc1C. The molecule has 0 N–H and O–H groups in total. The molecule has 0 saturated heterocycles. The van der Waals surface area contributed by atoms with Gasteiger partial charge in [-0.05, 0) is 31.2 Å². The maximum atomic E-state index is 12.2. The zero-order chi connectivity index (χ0) is 18.6. The minimum Gasteiger partial charge on any atom is -0.482 e. The van der Waals surface area contributed by atoms with E-state index < -0.39 is 5.97 Å². The van der Waals surface area contributed by atoms with Crippen LogP contribution in [0.25, 0.3) is 0 Å². The Hall–Kier alpha value is -2.18. The first-order valence-electron chi connectivity index (χ1n) is 7.31. The molecule has 134 valence electrons. The van der Waals surface area contributed by atoms with Gasteiger partial charge in [0.2, 0.25) is 0 Å². The number of hydrogen-bond acceptors (Lipinski definition) is 5. The number of amides is 1. The molecule has 0 bridgehead atoms. The van der Waals surface area contributed by atoms with Crippen molar-refractivity contribution in [1.29, 1.82) is 0 Å². The van der Waals surface area contributed by atoms with Crippen LogP contribution < -0.4 is 4.74 Å². The van der Waals surface area contributed by atoms with E-state index in [2.05, 4.69) is 4.74 Å². The molecular weight excluding hydrogens is 369 g/mol. The molecule has 0 saturated carbocycles. The van der Waals surface area contributed by atoms with Crippen molar-refractivity contribution in [2.75, 3.05) is 20.8 Å². The van der Waals surface area contributed by atoms with Gasteiger partial charge in [0.05, 0.1) is 18.7 Å². The summed E-state index contributed by atoms with van der Waals surface area (Å²) in [7, 11) is 2.90. The van der Waals surface area contributed by atoms with Crippen LogP contribution in [0.1, 0.15) is 21.9 Å². The van der Waals surface area contributed by atoms with Crippen molar-refractivity contribution >= 4 is 35.1 Å². The second-order valence-corrected chi connectivity index (χ2v) is 6.13. The Morgan fingerprint density at radius 2 is 1.96 bits per heavy atom. The monoisotopic (exact) mass is 385 g/mol. The molecule has 0 radical (unpaired) electrons. The first kappa shape index (κ1) is 19.1.